The number of rotatable bonds is 4. The fourth-order valence-electron chi connectivity index (χ4n) is 4.28. The molecule has 154 valence electrons. The zero-order valence-electron chi connectivity index (χ0n) is 17.2. The summed E-state index contributed by atoms with van der Waals surface area (Å²) in [7, 11) is 0. The minimum Gasteiger partial charge on any atom is -0.386 e. The van der Waals surface area contributed by atoms with Crippen molar-refractivity contribution in [3.8, 4) is 11.3 Å². The van der Waals surface area contributed by atoms with Gasteiger partial charge in [0, 0.05) is 61.3 Å². The fraction of sp³-hybridized carbons (Fsp3) is 0.208. The number of fused-ring (bicyclic) bond motifs is 2. The second-order valence-electron chi connectivity index (χ2n) is 8.52. The molecule has 0 radical (unpaired) electrons. The number of nitrogens with zero attached hydrogens (tertiary/aromatic N) is 5. The largest absolute Gasteiger partial charge is 0.386 e. The number of imidazole rings is 1. The van der Waals surface area contributed by atoms with Gasteiger partial charge in [0.1, 0.15) is 0 Å². The third-order valence-corrected chi connectivity index (χ3v) is 5.85. The Morgan fingerprint density at radius 2 is 1.94 bits per heavy atom. The van der Waals surface area contributed by atoms with Crippen LogP contribution in [0, 0.1) is 0 Å². The molecule has 0 bridgehead atoms. The van der Waals surface area contributed by atoms with Crippen LogP contribution in [0.5, 0.6) is 0 Å². The summed E-state index contributed by atoms with van der Waals surface area (Å²) >= 11 is 0. The summed E-state index contributed by atoms with van der Waals surface area (Å²) in [5.74, 6) is 0.707. The van der Waals surface area contributed by atoms with Crippen LogP contribution in [0.1, 0.15) is 12.5 Å². The predicted octanol–water partition coefficient (Wildman–Crippen LogP) is 3.97. The molecule has 1 saturated heterocycles. The number of nitrogens with one attached hydrogen (secondary N) is 1. The number of hydrogen-bond donors (Lipinski definition) is 2. The first kappa shape index (κ1) is 18.1. The summed E-state index contributed by atoms with van der Waals surface area (Å²) in [4.78, 5) is 15.9. The van der Waals surface area contributed by atoms with Crippen molar-refractivity contribution in [2.75, 3.05) is 23.3 Å². The van der Waals surface area contributed by atoms with Gasteiger partial charge in [-0.1, -0.05) is 6.07 Å². The van der Waals surface area contributed by atoms with Crippen LogP contribution in [0.25, 0.3) is 16.9 Å². The average Bonchev–Trinajstić information content (AvgIpc) is 3.41. The molecule has 7 nitrogen and oxygen atoms in total. The van der Waals surface area contributed by atoms with Gasteiger partial charge in [0.2, 0.25) is 0 Å². The van der Waals surface area contributed by atoms with E-state index in [4.69, 9.17) is 4.98 Å². The normalized spacial score (nSPS) is 16.4. The van der Waals surface area contributed by atoms with Crippen molar-refractivity contribution in [2.45, 2.75) is 18.9 Å². The Kier molecular flexibility index (Phi) is 3.88. The number of anilines is 3. The molecule has 0 aliphatic carbocycles. The zero-order valence-corrected chi connectivity index (χ0v) is 17.2. The van der Waals surface area contributed by atoms with E-state index in [-0.39, 0.29) is 0 Å². The first-order chi connectivity index (χ1) is 15.0. The molecule has 2 aromatic heterocycles. The van der Waals surface area contributed by atoms with Crippen molar-refractivity contribution in [3.05, 3.63) is 66.6 Å². The molecule has 2 aromatic carbocycles. The summed E-state index contributed by atoms with van der Waals surface area (Å²) in [6.07, 6.45) is 8.52. The maximum Gasteiger partial charge on any atom is 0.180 e. The summed E-state index contributed by atoms with van der Waals surface area (Å²) in [6, 6.07) is 14.5. The van der Waals surface area contributed by atoms with Gasteiger partial charge in [-0.05, 0) is 48.9 Å². The van der Waals surface area contributed by atoms with Gasteiger partial charge in [-0.15, -0.1) is 0 Å². The lowest BCUT2D eigenvalue weighted by molar-refractivity contribution is 0.0310. The minimum absolute atomic E-state index is 0.586. The Bertz CT molecular complexity index is 1310. The van der Waals surface area contributed by atoms with E-state index in [2.05, 4.69) is 44.5 Å². The van der Waals surface area contributed by atoms with E-state index in [0.717, 1.165) is 40.4 Å². The van der Waals surface area contributed by atoms with Crippen LogP contribution in [-0.4, -0.2) is 44.4 Å². The van der Waals surface area contributed by atoms with Crippen LogP contribution in [0.2, 0.25) is 0 Å². The number of aromatic nitrogens is 3. The molecule has 2 N–H and O–H groups in total. The highest BCUT2D eigenvalue weighted by Crippen LogP contribution is 2.32. The third kappa shape index (κ3) is 3.23. The molecule has 0 spiro atoms. The van der Waals surface area contributed by atoms with Crippen LogP contribution in [-0.2, 0) is 6.42 Å². The molecule has 0 unspecified atom stereocenters. The second kappa shape index (κ2) is 6.65. The van der Waals surface area contributed by atoms with Crippen LogP contribution in [0.4, 0.5) is 22.9 Å². The van der Waals surface area contributed by atoms with Crippen molar-refractivity contribution in [2.24, 2.45) is 4.99 Å². The van der Waals surface area contributed by atoms with Crippen LogP contribution in [0.15, 0.2) is 66.0 Å². The van der Waals surface area contributed by atoms with Gasteiger partial charge in [-0.25, -0.2) is 9.97 Å². The molecule has 7 heteroatoms. The smallest absolute Gasteiger partial charge is 0.180 e. The summed E-state index contributed by atoms with van der Waals surface area (Å²) < 4.78 is 1.99. The molecule has 1 fully saturated rings. The quantitative estimate of drug-likeness (QED) is 0.532. The van der Waals surface area contributed by atoms with E-state index in [1.165, 1.54) is 5.56 Å². The Labute approximate surface area is 179 Å². The molecule has 4 aromatic rings. The highest BCUT2D eigenvalue weighted by molar-refractivity contribution is 5.79. The van der Waals surface area contributed by atoms with Gasteiger partial charge in [0.05, 0.1) is 17.0 Å². The average molecular weight is 410 g/mol. The molecule has 4 heterocycles. The lowest BCUT2D eigenvalue weighted by Gasteiger charge is -2.45. The third-order valence-electron chi connectivity index (χ3n) is 5.85. The summed E-state index contributed by atoms with van der Waals surface area (Å²) in [5.41, 5.74) is 6.42. The number of aliphatic imine (C=N–C) groups is 1. The van der Waals surface area contributed by atoms with Gasteiger partial charge in [0.25, 0.3) is 0 Å². The number of aliphatic hydroxyl groups is 1. The molecule has 0 amide bonds. The predicted molar refractivity (Wildman–Crippen MR) is 123 cm³/mol. The Balaban J connectivity index is 1.31. The monoisotopic (exact) mass is 410 g/mol. The molecule has 2 aliphatic rings. The lowest BCUT2D eigenvalue weighted by atomic mass is 9.96. The Hall–Kier alpha value is -3.71. The van der Waals surface area contributed by atoms with Crippen molar-refractivity contribution in [3.63, 3.8) is 0 Å². The van der Waals surface area contributed by atoms with E-state index in [9.17, 15) is 5.11 Å². The molecular formula is C24H22N6O. The Morgan fingerprint density at radius 1 is 1.10 bits per heavy atom. The van der Waals surface area contributed by atoms with Gasteiger partial charge in [-0.2, -0.15) is 0 Å². The lowest BCUT2D eigenvalue weighted by Crippen LogP contribution is -2.60. The van der Waals surface area contributed by atoms with E-state index >= 15 is 0 Å². The zero-order chi connectivity index (χ0) is 21.0. The van der Waals surface area contributed by atoms with Crippen molar-refractivity contribution in [1.82, 2.24) is 14.4 Å². The molecular weight excluding hydrogens is 388 g/mol. The summed E-state index contributed by atoms with van der Waals surface area (Å²) in [5, 5.41) is 13.4. The number of β-amino-alcohol motifs (C(OH)–C–C–N with tert-alkyl or cyclic N) is 1. The first-order valence-electron chi connectivity index (χ1n) is 10.4. The van der Waals surface area contributed by atoms with Crippen LogP contribution >= 0.6 is 0 Å². The maximum atomic E-state index is 9.97. The molecule has 6 rings (SSSR count). The van der Waals surface area contributed by atoms with Gasteiger partial charge < -0.3 is 19.7 Å². The molecule has 0 saturated carbocycles. The number of hydrogen-bond acceptors (Lipinski definition) is 6. The second-order valence-corrected chi connectivity index (χ2v) is 8.52. The van der Waals surface area contributed by atoms with Gasteiger partial charge in [0.15, 0.2) is 11.5 Å². The molecule has 2 aliphatic heterocycles. The Morgan fingerprint density at radius 3 is 2.74 bits per heavy atom. The van der Waals surface area contributed by atoms with Crippen molar-refractivity contribution in [1.29, 1.82) is 0 Å². The van der Waals surface area contributed by atoms with Crippen molar-refractivity contribution < 1.29 is 5.11 Å². The van der Waals surface area contributed by atoms with Gasteiger partial charge >= 0.3 is 0 Å². The topological polar surface area (TPSA) is 78.0 Å². The van der Waals surface area contributed by atoms with E-state index < -0.39 is 5.60 Å². The maximum absolute atomic E-state index is 9.97. The number of benzene rings is 2. The fourth-order valence-corrected chi connectivity index (χ4v) is 4.28. The van der Waals surface area contributed by atoms with E-state index in [1.54, 1.807) is 6.20 Å². The molecule has 31 heavy (non-hydrogen) atoms. The van der Waals surface area contributed by atoms with Crippen molar-refractivity contribution >= 4 is 34.7 Å². The summed E-state index contributed by atoms with van der Waals surface area (Å²) in [6.45, 7) is 3.18. The standard InChI is InChI=1S/C24H22N6O/c1-24(31)14-30(15-24)19-5-3-18(4-6-19)27-22-23-26-10-11-29(23)13-21(28-22)16-2-7-20-17(12-16)8-9-25-20/h2-7,9-13,31H,8,14-15H2,1H3,(H,27,28). The van der Waals surface area contributed by atoms with Gasteiger partial charge in [-0.3, -0.25) is 4.99 Å². The SMILES string of the molecule is CC1(O)CN(c2ccc(Nc3nc(-c4ccc5c(c4)CC=N5)cn4ccnc34)cc2)C1. The molecule has 0 atom stereocenters. The first-order valence-corrected chi connectivity index (χ1v) is 10.4. The minimum atomic E-state index is -0.586. The van der Waals surface area contributed by atoms with Crippen LogP contribution in [0.3, 0.4) is 0 Å². The highest BCUT2D eigenvalue weighted by atomic mass is 16.3. The van der Waals surface area contributed by atoms with E-state index in [0.29, 0.717) is 18.9 Å². The van der Waals surface area contributed by atoms with Crippen LogP contribution < -0.4 is 10.2 Å². The van der Waals surface area contributed by atoms with E-state index in [1.807, 2.05) is 48.1 Å². The highest BCUT2D eigenvalue weighted by Gasteiger charge is 2.36.